The third kappa shape index (κ3) is 3.47. The van der Waals surface area contributed by atoms with E-state index in [2.05, 4.69) is 31.9 Å². The van der Waals surface area contributed by atoms with Gasteiger partial charge in [0.05, 0.1) is 0 Å². The lowest BCUT2D eigenvalue weighted by Crippen LogP contribution is -2.33. The second kappa shape index (κ2) is 6.81. The van der Waals surface area contributed by atoms with Crippen LogP contribution in [-0.4, -0.2) is 10.7 Å². The van der Waals surface area contributed by atoms with Gasteiger partial charge in [0, 0.05) is 16.1 Å². The maximum absolute atomic E-state index is 13.1. The molecule has 0 nitrogen and oxygen atoms in total. The average molecular weight is 404 g/mol. The molecule has 0 N–H and O–H groups in total. The van der Waals surface area contributed by atoms with E-state index in [1.165, 1.54) is 24.3 Å². The maximum atomic E-state index is 13.1. The number of alkyl halides is 2. The van der Waals surface area contributed by atoms with E-state index in [0.717, 1.165) is 28.2 Å². The molecule has 4 heteroatoms. The molecule has 106 valence electrons. The minimum Gasteiger partial charge on any atom is -0.207 e. The third-order valence-electron chi connectivity index (χ3n) is 3.42. The fourth-order valence-electron chi connectivity index (χ4n) is 2.18. The Morgan fingerprint density at radius 2 is 1.20 bits per heavy atom. The molecule has 0 aliphatic rings. The molecule has 0 fully saturated rings. The summed E-state index contributed by atoms with van der Waals surface area (Å²) in [4.78, 5) is 0. The van der Waals surface area contributed by atoms with Crippen LogP contribution in [0.2, 0.25) is 0 Å². The number of rotatable bonds is 5. The van der Waals surface area contributed by atoms with Crippen molar-refractivity contribution in [2.45, 2.75) is 11.8 Å². The maximum Gasteiger partial charge on any atom is 0.123 e. The van der Waals surface area contributed by atoms with Gasteiger partial charge in [0.2, 0.25) is 0 Å². The Hall–Kier alpha value is -0.740. The molecule has 2 aromatic carbocycles. The van der Waals surface area contributed by atoms with Crippen LogP contribution in [-0.2, 0) is 11.8 Å². The molecule has 0 saturated carbocycles. The van der Waals surface area contributed by atoms with Gasteiger partial charge < -0.3 is 0 Å². The van der Waals surface area contributed by atoms with Gasteiger partial charge in [-0.05, 0) is 41.8 Å². The molecule has 2 aromatic rings. The number of hydrogen-bond donors (Lipinski definition) is 0. The van der Waals surface area contributed by atoms with Crippen LogP contribution in [0, 0.1) is 11.6 Å². The third-order valence-corrected chi connectivity index (χ3v) is 5.57. The molecule has 20 heavy (non-hydrogen) atoms. The predicted octanol–water partition coefficient (Wildman–Crippen LogP) is 5.24. The highest BCUT2D eigenvalue weighted by atomic mass is 79.9. The normalized spacial score (nSPS) is 11.6. The number of hydrogen-bond acceptors (Lipinski definition) is 0. The van der Waals surface area contributed by atoms with Crippen LogP contribution in [0.4, 0.5) is 8.78 Å². The van der Waals surface area contributed by atoms with Gasteiger partial charge in [-0.2, -0.15) is 0 Å². The summed E-state index contributed by atoms with van der Waals surface area (Å²) in [6.45, 7) is 0. The van der Waals surface area contributed by atoms with Gasteiger partial charge in [0.1, 0.15) is 11.6 Å². The van der Waals surface area contributed by atoms with E-state index in [1.54, 1.807) is 24.3 Å². The monoisotopic (exact) mass is 402 g/mol. The van der Waals surface area contributed by atoms with Gasteiger partial charge in [-0.15, -0.1) is 0 Å². The Balaban J connectivity index is 2.33. The highest BCUT2D eigenvalue weighted by molar-refractivity contribution is 9.09. The second-order valence-electron chi connectivity index (χ2n) is 4.86. The van der Waals surface area contributed by atoms with Crippen molar-refractivity contribution < 1.29 is 8.78 Å². The average Bonchev–Trinajstić information content (AvgIpc) is 2.48. The molecule has 0 amide bonds. The SMILES string of the molecule is Fc1ccc(CC(CBr)(CBr)c2ccc(F)cc2)cc1. The molecule has 0 unspecified atom stereocenters. The van der Waals surface area contributed by atoms with E-state index in [9.17, 15) is 8.78 Å². The lowest BCUT2D eigenvalue weighted by Gasteiger charge is -2.31. The van der Waals surface area contributed by atoms with Crippen molar-refractivity contribution in [3.05, 3.63) is 71.3 Å². The zero-order chi connectivity index (χ0) is 14.6. The van der Waals surface area contributed by atoms with Gasteiger partial charge >= 0.3 is 0 Å². The Kier molecular flexibility index (Phi) is 5.33. The van der Waals surface area contributed by atoms with Crippen LogP contribution < -0.4 is 0 Å². The highest BCUT2D eigenvalue weighted by Crippen LogP contribution is 2.33. The first-order valence-corrected chi connectivity index (χ1v) is 8.46. The van der Waals surface area contributed by atoms with E-state index in [-0.39, 0.29) is 17.0 Å². The Labute approximate surface area is 134 Å². The summed E-state index contributed by atoms with van der Waals surface area (Å²) >= 11 is 7.13. The van der Waals surface area contributed by atoms with Crippen molar-refractivity contribution in [1.82, 2.24) is 0 Å². The number of benzene rings is 2. The van der Waals surface area contributed by atoms with E-state index < -0.39 is 0 Å². The summed E-state index contributed by atoms with van der Waals surface area (Å²) in [6.07, 6.45) is 0.745. The van der Waals surface area contributed by atoms with Crippen LogP contribution in [0.1, 0.15) is 11.1 Å². The lowest BCUT2D eigenvalue weighted by molar-refractivity contribution is 0.546. The van der Waals surface area contributed by atoms with Crippen molar-refractivity contribution >= 4 is 31.9 Å². The Morgan fingerprint density at radius 3 is 1.65 bits per heavy atom. The molecule has 0 heterocycles. The summed E-state index contributed by atoms with van der Waals surface area (Å²) in [5.41, 5.74) is 1.91. The number of halogens is 4. The predicted molar refractivity (Wildman–Crippen MR) is 85.8 cm³/mol. The van der Waals surface area contributed by atoms with E-state index >= 15 is 0 Å². The standard InChI is InChI=1S/C16H14Br2F2/c17-10-16(11-18,13-3-7-15(20)8-4-13)9-12-1-5-14(19)6-2-12/h1-8H,9-11H2. The zero-order valence-electron chi connectivity index (χ0n) is 10.8. The molecule has 0 aromatic heterocycles. The molecule has 0 bridgehead atoms. The van der Waals surface area contributed by atoms with Gasteiger partial charge in [-0.1, -0.05) is 56.1 Å². The molecule has 0 aliphatic carbocycles. The van der Waals surface area contributed by atoms with Gasteiger partial charge in [0.25, 0.3) is 0 Å². The van der Waals surface area contributed by atoms with E-state index in [1.807, 2.05) is 0 Å². The molecule has 0 spiro atoms. The summed E-state index contributed by atoms with van der Waals surface area (Å²) in [5, 5.41) is 1.46. The Bertz CT molecular complexity index is 546. The van der Waals surface area contributed by atoms with E-state index in [4.69, 9.17) is 0 Å². The van der Waals surface area contributed by atoms with Crippen molar-refractivity contribution in [1.29, 1.82) is 0 Å². The van der Waals surface area contributed by atoms with E-state index in [0.29, 0.717) is 0 Å². The first-order chi connectivity index (χ1) is 9.59. The first kappa shape index (κ1) is 15.6. The molecule has 2 rings (SSSR count). The largest absolute Gasteiger partial charge is 0.207 e. The summed E-state index contributed by atoms with van der Waals surface area (Å²) in [6, 6.07) is 13.1. The molecule has 0 aliphatic heterocycles. The van der Waals surface area contributed by atoms with Crippen molar-refractivity contribution in [2.24, 2.45) is 0 Å². The smallest absolute Gasteiger partial charge is 0.123 e. The van der Waals surface area contributed by atoms with Crippen LogP contribution in [0.3, 0.4) is 0 Å². The molecule has 0 atom stereocenters. The minimum atomic E-state index is -0.242. The second-order valence-corrected chi connectivity index (χ2v) is 5.98. The lowest BCUT2D eigenvalue weighted by atomic mass is 9.79. The molecule has 0 saturated heterocycles. The van der Waals surface area contributed by atoms with Crippen LogP contribution in [0.5, 0.6) is 0 Å². The van der Waals surface area contributed by atoms with Gasteiger partial charge in [0.15, 0.2) is 0 Å². The van der Waals surface area contributed by atoms with Gasteiger partial charge in [-0.3, -0.25) is 0 Å². The van der Waals surface area contributed by atoms with Crippen LogP contribution >= 0.6 is 31.9 Å². The fraction of sp³-hybridized carbons (Fsp3) is 0.250. The van der Waals surface area contributed by atoms with Crippen LogP contribution in [0.25, 0.3) is 0 Å². The van der Waals surface area contributed by atoms with Crippen LogP contribution in [0.15, 0.2) is 48.5 Å². The summed E-state index contributed by atoms with van der Waals surface area (Å²) in [7, 11) is 0. The zero-order valence-corrected chi connectivity index (χ0v) is 13.9. The van der Waals surface area contributed by atoms with Crippen molar-refractivity contribution in [3.8, 4) is 0 Å². The summed E-state index contributed by atoms with van der Waals surface area (Å²) < 4.78 is 26.1. The summed E-state index contributed by atoms with van der Waals surface area (Å²) in [5.74, 6) is -0.479. The van der Waals surface area contributed by atoms with Crippen molar-refractivity contribution in [2.75, 3.05) is 10.7 Å². The Morgan fingerprint density at radius 1 is 0.750 bits per heavy atom. The fourth-order valence-corrected chi connectivity index (χ4v) is 4.16. The molecular formula is C16H14Br2F2. The molecule has 0 radical (unpaired) electrons. The van der Waals surface area contributed by atoms with Gasteiger partial charge in [-0.25, -0.2) is 8.78 Å². The molecular weight excluding hydrogens is 390 g/mol. The highest BCUT2D eigenvalue weighted by Gasteiger charge is 2.30. The minimum absolute atomic E-state index is 0.189. The topological polar surface area (TPSA) is 0 Å². The quantitative estimate of drug-likeness (QED) is 0.599. The first-order valence-electron chi connectivity index (χ1n) is 6.22. The van der Waals surface area contributed by atoms with Crippen molar-refractivity contribution in [3.63, 3.8) is 0 Å².